The first-order chi connectivity index (χ1) is 17.0. The molecule has 8 nitrogen and oxygen atoms in total. The van der Waals surface area contributed by atoms with E-state index in [1.54, 1.807) is 18.5 Å². The predicted octanol–water partition coefficient (Wildman–Crippen LogP) is 4.11. The normalized spacial score (nSPS) is 20.9. The van der Waals surface area contributed by atoms with Crippen molar-refractivity contribution in [2.75, 3.05) is 5.01 Å². The summed E-state index contributed by atoms with van der Waals surface area (Å²) in [6.07, 6.45) is 0. The first-order valence-corrected chi connectivity index (χ1v) is 12.1. The molecule has 0 radical (unpaired) electrons. The average molecular weight is 483 g/mol. The van der Waals surface area contributed by atoms with Gasteiger partial charge < -0.3 is 4.90 Å². The summed E-state index contributed by atoms with van der Waals surface area (Å²) in [5, 5.41) is 8.70. The van der Waals surface area contributed by atoms with E-state index in [-0.39, 0.29) is 11.5 Å². The van der Waals surface area contributed by atoms with Gasteiger partial charge >= 0.3 is 0 Å². The van der Waals surface area contributed by atoms with E-state index in [0.29, 0.717) is 28.1 Å². The molecule has 3 aliphatic heterocycles. The van der Waals surface area contributed by atoms with Crippen molar-refractivity contribution in [1.82, 2.24) is 14.5 Å². The third-order valence-electron chi connectivity index (χ3n) is 6.57. The van der Waals surface area contributed by atoms with Gasteiger partial charge in [-0.25, -0.2) is 9.98 Å². The zero-order valence-electron chi connectivity index (χ0n) is 19.4. The molecule has 0 aliphatic carbocycles. The third kappa shape index (κ3) is 3.26. The molecule has 0 spiro atoms. The summed E-state index contributed by atoms with van der Waals surface area (Å²) in [6.45, 7) is 3.66. The Hall–Kier alpha value is -3.98. The summed E-state index contributed by atoms with van der Waals surface area (Å²) < 4.78 is 1.55. The Morgan fingerprint density at radius 3 is 2.34 bits per heavy atom. The monoisotopic (exact) mass is 482 g/mol. The van der Waals surface area contributed by atoms with Crippen LogP contribution in [0.1, 0.15) is 29.9 Å². The van der Waals surface area contributed by atoms with E-state index in [0.717, 1.165) is 16.9 Å². The largest absolute Gasteiger partial charge is 0.311 e. The molecular formula is C26H22N6O2S. The quantitative estimate of drug-likeness (QED) is 0.561. The molecule has 0 N–H and O–H groups in total. The van der Waals surface area contributed by atoms with Crippen LogP contribution in [-0.4, -0.2) is 31.2 Å². The number of aliphatic imine (C=N–C) groups is 1. The second kappa shape index (κ2) is 8.06. The average Bonchev–Trinajstić information content (AvgIpc) is 3.41. The lowest BCUT2D eigenvalue weighted by Crippen LogP contribution is -2.42. The number of aryl methyl sites for hydroxylation is 1. The van der Waals surface area contributed by atoms with Crippen LogP contribution in [0.5, 0.6) is 0 Å². The highest BCUT2D eigenvalue weighted by atomic mass is 32.2. The van der Waals surface area contributed by atoms with Gasteiger partial charge in [-0.2, -0.15) is 10.1 Å². The van der Waals surface area contributed by atoms with Crippen LogP contribution in [0.4, 0.5) is 11.5 Å². The van der Waals surface area contributed by atoms with Crippen molar-refractivity contribution >= 4 is 40.1 Å². The minimum absolute atomic E-state index is 0.130. The number of aromatic nitrogens is 2. The van der Waals surface area contributed by atoms with Gasteiger partial charge in [0.15, 0.2) is 11.0 Å². The van der Waals surface area contributed by atoms with Crippen LogP contribution in [0.15, 0.2) is 86.7 Å². The molecule has 3 aromatic rings. The Balaban J connectivity index is 1.49. The Kier molecular flexibility index (Phi) is 4.96. The minimum atomic E-state index is -0.578. The van der Waals surface area contributed by atoms with Crippen molar-refractivity contribution in [1.29, 1.82) is 0 Å². The molecule has 35 heavy (non-hydrogen) atoms. The molecule has 174 valence electrons. The molecule has 0 saturated heterocycles. The Morgan fingerprint density at radius 1 is 0.943 bits per heavy atom. The molecule has 2 unspecified atom stereocenters. The standard InChI is InChI=1S/C26H22N6O2S/c1-15-20(25(34)32(29-15)18-12-8-5-9-13-18)19-14-35-26-28-23-21(24(33)30(3)16(2)27-23)22(31(19)26)17-10-6-4-7-11-17/h4-14,20,22H,1-3H3. The molecule has 2 atom stereocenters. The van der Waals surface area contributed by atoms with Gasteiger partial charge in [-0.1, -0.05) is 60.3 Å². The van der Waals surface area contributed by atoms with Gasteiger partial charge in [0.05, 0.1) is 23.0 Å². The fraction of sp³-hybridized carbons (Fsp3) is 0.192. The van der Waals surface area contributed by atoms with Crippen LogP contribution < -0.4 is 10.6 Å². The van der Waals surface area contributed by atoms with Crippen LogP contribution in [-0.2, 0) is 11.8 Å². The lowest BCUT2D eigenvalue weighted by Gasteiger charge is -2.36. The number of thioether (sulfide) groups is 1. The molecule has 1 aromatic heterocycles. The van der Waals surface area contributed by atoms with E-state index in [1.807, 2.05) is 77.9 Å². The summed E-state index contributed by atoms with van der Waals surface area (Å²) in [6, 6.07) is 18.8. The van der Waals surface area contributed by atoms with Crippen molar-refractivity contribution in [2.45, 2.75) is 19.9 Å². The fourth-order valence-corrected chi connectivity index (χ4v) is 5.69. The zero-order valence-corrected chi connectivity index (χ0v) is 20.2. The molecule has 1 amide bonds. The number of carbonyl (C=O) groups is 1. The highest BCUT2D eigenvalue weighted by Crippen LogP contribution is 2.47. The smallest absolute Gasteiger partial charge is 0.262 e. The lowest BCUT2D eigenvalue weighted by molar-refractivity contribution is -0.119. The molecule has 3 aliphatic rings. The van der Waals surface area contributed by atoms with Crippen molar-refractivity contribution < 1.29 is 4.79 Å². The summed E-state index contributed by atoms with van der Waals surface area (Å²) >= 11 is 1.44. The minimum Gasteiger partial charge on any atom is -0.311 e. The molecule has 9 heteroatoms. The maximum Gasteiger partial charge on any atom is 0.262 e. The molecule has 2 aromatic carbocycles. The maximum absolute atomic E-state index is 13.6. The molecule has 0 fully saturated rings. The van der Waals surface area contributed by atoms with E-state index in [9.17, 15) is 9.59 Å². The summed E-state index contributed by atoms with van der Waals surface area (Å²) in [4.78, 5) is 38.5. The number of hydrazone groups is 1. The van der Waals surface area contributed by atoms with E-state index in [1.165, 1.54) is 16.8 Å². The van der Waals surface area contributed by atoms with Gasteiger partial charge in [0, 0.05) is 12.7 Å². The second-order valence-corrected chi connectivity index (χ2v) is 9.50. The van der Waals surface area contributed by atoms with Crippen molar-refractivity contribution in [3.05, 3.63) is 99.1 Å². The number of carbonyl (C=O) groups excluding carboxylic acids is 1. The zero-order chi connectivity index (χ0) is 24.3. The van der Waals surface area contributed by atoms with Gasteiger partial charge in [-0.05, 0) is 37.0 Å². The van der Waals surface area contributed by atoms with Gasteiger partial charge in [0.1, 0.15) is 11.7 Å². The van der Waals surface area contributed by atoms with Crippen molar-refractivity contribution in [2.24, 2.45) is 23.1 Å². The number of para-hydroxylation sites is 1. The molecule has 4 heterocycles. The highest BCUT2D eigenvalue weighted by Gasteiger charge is 2.47. The van der Waals surface area contributed by atoms with Gasteiger partial charge in [0.2, 0.25) is 0 Å². The second-order valence-electron chi connectivity index (χ2n) is 8.66. The fourth-order valence-electron chi connectivity index (χ4n) is 4.75. The number of anilines is 1. The Bertz CT molecular complexity index is 1510. The number of amidine groups is 1. The molecule has 6 rings (SSSR count). The maximum atomic E-state index is 13.6. The summed E-state index contributed by atoms with van der Waals surface area (Å²) in [7, 11) is 1.72. The number of fused-ring (bicyclic) bond motifs is 2. The van der Waals surface area contributed by atoms with Crippen molar-refractivity contribution in [3.8, 4) is 0 Å². The van der Waals surface area contributed by atoms with Crippen LogP contribution >= 0.6 is 11.8 Å². The molecule has 0 bridgehead atoms. The van der Waals surface area contributed by atoms with E-state index >= 15 is 0 Å². The van der Waals surface area contributed by atoms with Gasteiger partial charge in [0.25, 0.3) is 11.5 Å². The third-order valence-corrected chi connectivity index (χ3v) is 7.43. The first-order valence-electron chi connectivity index (χ1n) is 11.3. The number of benzene rings is 2. The number of hydrogen-bond donors (Lipinski definition) is 0. The highest BCUT2D eigenvalue weighted by molar-refractivity contribution is 8.16. The van der Waals surface area contributed by atoms with Gasteiger partial charge in [-0.3, -0.25) is 14.2 Å². The number of hydrogen-bond acceptors (Lipinski definition) is 7. The van der Waals surface area contributed by atoms with Gasteiger partial charge in [-0.15, -0.1) is 0 Å². The van der Waals surface area contributed by atoms with Crippen molar-refractivity contribution in [3.63, 3.8) is 0 Å². The van der Waals surface area contributed by atoms with Crippen LogP contribution in [0.3, 0.4) is 0 Å². The Labute approximate surface area is 206 Å². The number of amides is 1. The topological polar surface area (TPSA) is 83.2 Å². The number of nitrogens with zero attached hydrogens (tertiary/aromatic N) is 6. The Morgan fingerprint density at radius 2 is 1.63 bits per heavy atom. The van der Waals surface area contributed by atoms with E-state index in [4.69, 9.17) is 4.99 Å². The predicted molar refractivity (Wildman–Crippen MR) is 138 cm³/mol. The SMILES string of the molecule is CC1=NN(c2ccccc2)C(=O)C1C1=CSC2=Nc3nc(C)n(C)c(=O)c3C(c3ccccc3)N12. The summed E-state index contributed by atoms with van der Waals surface area (Å²) in [5.41, 5.74) is 3.46. The van der Waals surface area contributed by atoms with E-state index < -0.39 is 12.0 Å². The van der Waals surface area contributed by atoms with Crippen LogP contribution in [0, 0.1) is 12.8 Å². The summed E-state index contributed by atoms with van der Waals surface area (Å²) in [5.74, 6) is 0.323. The molecular weight excluding hydrogens is 460 g/mol. The molecule has 0 saturated carbocycles. The van der Waals surface area contributed by atoms with Crippen LogP contribution in [0.25, 0.3) is 0 Å². The number of rotatable bonds is 3. The first kappa shape index (κ1) is 21.5. The lowest BCUT2D eigenvalue weighted by atomic mass is 9.93. The van der Waals surface area contributed by atoms with Crippen LogP contribution in [0.2, 0.25) is 0 Å². The van der Waals surface area contributed by atoms with E-state index in [2.05, 4.69) is 10.1 Å².